The van der Waals surface area contributed by atoms with Gasteiger partial charge in [0, 0.05) is 37.2 Å². The number of aromatic nitrogens is 2. The minimum absolute atomic E-state index is 0.0956. The zero-order valence-electron chi connectivity index (χ0n) is 16.3. The van der Waals surface area contributed by atoms with Crippen molar-refractivity contribution in [2.24, 2.45) is 0 Å². The Kier molecular flexibility index (Phi) is 5.39. The van der Waals surface area contributed by atoms with Gasteiger partial charge in [0.25, 0.3) is 5.91 Å². The third-order valence-corrected chi connectivity index (χ3v) is 6.01. The molecule has 0 saturated heterocycles. The van der Waals surface area contributed by atoms with E-state index in [9.17, 15) is 4.79 Å². The molecule has 0 spiro atoms. The Morgan fingerprint density at radius 1 is 1.11 bits per heavy atom. The first-order valence-electron chi connectivity index (χ1n) is 9.74. The molecule has 2 aromatic heterocycles. The average Bonchev–Trinajstić information content (AvgIpc) is 3.29. The van der Waals surface area contributed by atoms with Gasteiger partial charge in [0.15, 0.2) is 5.82 Å². The SMILES string of the molecule is CCN(CC)c1nc(-c2ccccc2)nc2c1CN(C(=O)c1cccs1)CC2. The molecule has 0 aliphatic carbocycles. The van der Waals surface area contributed by atoms with E-state index in [1.54, 1.807) is 0 Å². The van der Waals surface area contributed by atoms with Crippen molar-refractivity contribution in [1.29, 1.82) is 0 Å². The normalized spacial score (nSPS) is 13.3. The predicted octanol–water partition coefficient (Wildman–Crippen LogP) is 4.25. The topological polar surface area (TPSA) is 49.3 Å². The number of thiophene rings is 1. The van der Waals surface area contributed by atoms with Crippen LogP contribution >= 0.6 is 11.3 Å². The lowest BCUT2D eigenvalue weighted by molar-refractivity contribution is 0.0738. The highest BCUT2D eigenvalue weighted by Crippen LogP contribution is 2.30. The van der Waals surface area contributed by atoms with Crippen molar-refractivity contribution in [2.75, 3.05) is 24.5 Å². The number of anilines is 1. The molecule has 0 bridgehead atoms. The van der Waals surface area contributed by atoms with Crippen molar-refractivity contribution in [3.63, 3.8) is 0 Å². The highest BCUT2D eigenvalue weighted by molar-refractivity contribution is 7.12. The fourth-order valence-corrected chi connectivity index (χ4v) is 4.32. The van der Waals surface area contributed by atoms with E-state index in [0.717, 1.165) is 52.9 Å². The molecule has 0 radical (unpaired) electrons. The molecule has 1 aliphatic rings. The smallest absolute Gasteiger partial charge is 0.264 e. The summed E-state index contributed by atoms with van der Waals surface area (Å²) in [5.41, 5.74) is 3.17. The summed E-state index contributed by atoms with van der Waals surface area (Å²) in [6.45, 7) is 7.26. The third-order valence-electron chi connectivity index (χ3n) is 5.15. The number of hydrogen-bond donors (Lipinski definition) is 0. The third kappa shape index (κ3) is 3.52. The molecular formula is C22H24N4OS. The van der Waals surface area contributed by atoms with Gasteiger partial charge in [0.1, 0.15) is 5.82 Å². The maximum atomic E-state index is 12.9. The van der Waals surface area contributed by atoms with Crippen molar-refractivity contribution < 1.29 is 4.79 Å². The average molecular weight is 393 g/mol. The van der Waals surface area contributed by atoms with E-state index < -0.39 is 0 Å². The second kappa shape index (κ2) is 8.10. The summed E-state index contributed by atoms with van der Waals surface area (Å²) in [6, 6.07) is 13.9. The van der Waals surface area contributed by atoms with Crippen molar-refractivity contribution in [3.8, 4) is 11.4 Å². The van der Waals surface area contributed by atoms with Crippen LogP contribution in [0.3, 0.4) is 0 Å². The van der Waals surface area contributed by atoms with E-state index in [2.05, 4.69) is 18.7 Å². The van der Waals surface area contributed by atoms with Gasteiger partial charge in [-0.15, -0.1) is 11.3 Å². The molecule has 28 heavy (non-hydrogen) atoms. The summed E-state index contributed by atoms with van der Waals surface area (Å²) in [5.74, 6) is 1.81. The molecule has 3 aromatic rings. The Labute approximate surface area is 169 Å². The minimum Gasteiger partial charge on any atom is -0.357 e. The van der Waals surface area contributed by atoms with E-state index in [1.807, 2.05) is 52.7 Å². The van der Waals surface area contributed by atoms with Crippen molar-refractivity contribution in [2.45, 2.75) is 26.8 Å². The van der Waals surface area contributed by atoms with Gasteiger partial charge in [-0.3, -0.25) is 4.79 Å². The van der Waals surface area contributed by atoms with Crippen molar-refractivity contribution >= 4 is 23.1 Å². The zero-order valence-corrected chi connectivity index (χ0v) is 17.1. The lowest BCUT2D eigenvalue weighted by atomic mass is 10.0. The van der Waals surface area contributed by atoms with E-state index in [1.165, 1.54) is 11.3 Å². The van der Waals surface area contributed by atoms with E-state index in [0.29, 0.717) is 13.1 Å². The number of rotatable bonds is 5. The van der Waals surface area contributed by atoms with Crippen molar-refractivity contribution in [3.05, 3.63) is 64.0 Å². The molecule has 0 unspecified atom stereocenters. The number of benzene rings is 1. The number of carbonyl (C=O) groups is 1. The van der Waals surface area contributed by atoms with Crippen LogP contribution in [0, 0.1) is 0 Å². The second-order valence-corrected chi connectivity index (χ2v) is 7.74. The van der Waals surface area contributed by atoms with Crippen molar-refractivity contribution in [1.82, 2.24) is 14.9 Å². The molecule has 0 atom stereocenters. The summed E-state index contributed by atoms with van der Waals surface area (Å²) in [7, 11) is 0. The van der Waals surface area contributed by atoms with Gasteiger partial charge in [0.2, 0.25) is 0 Å². The monoisotopic (exact) mass is 392 g/mol. The lowest BCUT2D eigenvalue weighted by Crippen LogP contribution is -2.38. The van der Waals surface area contributed by atoms with Crippen LogP contribution < -0.4 is 4.90 Å². The fraction of sp³-hybridized carbons (Fsp3) is 0.318. The van der Waals surface area contributed by atoms with E-state index >= 15 is 0 Å². The van der Waals surface area contributed by atoms with Crippen LogP contribution in [0.5, 0.6) is 0 Å². The number of amides is 1. The first-order valence-corrected chi connectivity index (χ1v) is 10.6. The summed E-state index contributed by atoms with van der Waals surface area (Å²) in [4.78, 5) is 27.6. The molecule has 0 fully saturated rings. The first-order chi connectivity index (χ1) is 13.7. The van der Waals surface area contributed by atoms with Crippen LogP contribution in [0.25, 0.3) is 11.4 Å². The van der Waals surface area contributed by atoms with Gasteiger partial charge in [-0.2, -0.15) is 0 Å². The van der Waals surface area contributed by atoms with Crippen LogP contribution in [0.1, 0.15) is 34.8 Å². The Balaban J connectivity index is 1.74. The maximum Gasteiger partial charge on any atom is 0.264 e. The quantitative estimate of drug-likeness (QED) is 0.651. The Bertz CT molecular complexity index is 952. The zero-order chi connectivity index (χ0) is 19.5. The van der Waals surface area contributed by atoms with Gasteiger partial charge < -0.3 is 9.80 Å². The van der Waals surface area contributed by atoms with Gasteiger partial charge in [-0.1, -0.05) is 36.4 Å². The number of nitrogens with zero attached hydrogens (tertiary/aromatic N) is 4. The Hall–Kier alpha value is -2.73. The number of fused-ring (bicyclic) bond motifs is 1. The molecule has 3 heterocycles. The van der Waals surface area contributed by atoms with Gasteiger partial charge >= 0.3 is 0 Å². The fourth-order valence-electron chi connectivity index (χ4n) is 3.63. The number of carbonyl (C=O) groups excluding carboxylic acids is 1. The molecular weight excluding hydrogens is 368 g/mol. The van der Waals surface area contributed by atoms with Gasteiger partial charge in [0.05, 0.1) is 17.1 Å². The largest absolute Gasteiger partial charge is 0.357 e. The molecule has 0 saturated carbocycles. The van der Waals surface area contributed by atoms with Crippen LogP contribution in [-0.2, 0) is 13.0 Å². The maximum absolute atomic E-state index is 12.9. The van der Waals surface area contributed by atoms with Crippen LogP contribution in [0.2, 0.25) is 0 Å². The predicted molar refractivity (Wildman–Crippen MR) is 114 cm³/mol. The highest BCUT2D eigenvalue weighted by Gasteiger charge is 2.28. The summed E-state index contributed by atoms with van der Waals surface area (Å²) >= 11 is 1.49. The summed E-state index contributed by atoms with van der Waals surface area (Å²) in [6.07, 6.45) is 0.753. The molecule has 1 aliphatic heterocycles. The Morgan fingerprint density at radius 3 is 2.57 bits per heavy atom. The Morgan fingerprint density at radius 2 is 1.89 bits per heavy atom. The molecule has 144 valence electrons. The van der Waals surface area contributed by atoms with E-state index in [-0.39, 0.29) is 5.91 Å². The standard InChI is InChI=1S/C22H24N4OS/c1-3-25(4-2)21-17-15-26(22(27)19-11-8-14-28-19)13-12-18(17)23-20(24-21)16-9-6-5-7-10-16/h5-11,14H,3-4,12-13,15H2,1-2H3. The molecule has 1 amide bonds. The second-order valence-electron chi connectivity index (χ2n) is 6.79. The summed E-state index contributed by atoms with van der Waals surface area (Å²) < 4.78 is 0. The highest BCUT2D eigenvalue weighted by atomic mass is 32.1. The molecule has 4 rings (SSSR count). The molecule has 6 heteroatoms. The van der Waals surface area contributed by atoms with Gasteiger partial charge in [-0.05, 0) is 25.3 Å². The summed E-state index contributed by atoms with van der Waals surface area (Å²) in [5, 5.41) is 1.95. The van der Waals surface area contributed by atoms with Gasteiger partial charge in [-0.25, -0.2) is 9.97 Å². The van der Waals surface area contributed by atoms with Crippen LogP contribution in [0.15, 0.2) is 47.8 Å². The van der Waals surface area contributed by atoms with Crippen LogP contribution in [0.4, 0.5) is 5.82 Å². The van der Waals surface area contributed by atoms with Crippen LogP contribution in [-0.4, -0.2) is 40.4 Å². The van der Waals surface area contributed by atoms with E-state index in [4.69, 9.17) is 9.97 Å². The molecule has 5 nitrogen and oxygen atoms in total. The molecule has 0 N–H and O–H groups in total. The number of hydrogen-bond acceptors (Lipinski definition) is 5. The minimum atomic E-state index is 0.0956. The first kappa shape index (κ1) is 18.6. The molecule has 1 aromatic carbocycles. The lowest BCUT2D eigenvalue weighted by Gasteiger charge is -2.32.